The van der Waals surface area contributed by atoms with Gasteiger partial charge < -0.3 is 20.3 Å². The van der Waals surface area contributed by atoms with Crippen molar-refractivity contribution in [2.24, 2.45) is 0 Å². The second-order valence-electron chi connectivity index (χ2n) is 6.50. The van der Waals surface area contributed by atoms with Crippen LogP contribution in [0.4, 0.5) is 11.4 Å². The molecule has 2 aromatic rings. The predicted molar refractivity (Wildman–Crippen MR) is 119 cm³/mol. The van der Waals surface area contributed by atoms with Crippen LogP contribution in [0.15, 0.2) is 41.3 Å². The smallest absolute Gasteiger partial charge is 0.260 e. The van der Waals surface area contributed by atoms with Crippen LogP contribution in [-0.4, -0.2) is 48.1 Å². The van der Waals surface area contributed by atoms with Crippen molar-refractivity contribution in [3.63, 3.8) is 0 Å². The van der Waals surface area contributed by atoms with Crippen LogP contribution in [0.1, 0.15) is 24.2 Å². The second-order valence-corrected chi connectivity index (χ2v) is 7.93. The molecule has 2 N–H and O–H groups in total. The predicted octanol–water partition coefficient (Wildman–Crippen LogP) is 3.88. The van der Waals surface area contributed by atoms with Gasteiger partial charge in [0.05, 0.1) is 16.5 Å². The fourth-order valence-electron chi connectivity index (χ4n) is 2.93. The zero-order valence-electron chi connectivity index (χ0n) is 16.7. The first-order valence-electron chi connectivity index (χ1n) is 9.49. The molecule has 2 aromatic carbocycles. The third-order valence-electron chi connectivity index (χ3n) is 4.53. The number of fused-ring (bicyclic) bond motifs is 1. The second kappa shape index (κ2) is 9.86. The third kappa shape index (κ3) is 5.25. The summed E-state index contributed by atoms with van der Waals surface area (Å²) in [4.78, 5) is 38.8. The van der Waals surface area contributed by atoms with E-state index in [-0.39, 0.29) is 29.4 Å². The van der Waals surface area contributed by atoms with E-state index in [1.165, 1.54) is 11.8 Å². The van der Waals surface area contributed by atoms with Gasteiger partial charge in [-0.05, 0) is 50.2 Å². The monoisotopic (exact) mass is 447 g/mol. The quantitative estimate of drug-likeness (QED) is 0.672. The Bertz CT molecular complexity index is 979. The molecular weight excluding hydrogens is 426 g/mol. The van der Waals surface area contributed by atoms with Crippen LogP contribution >= 0.6 is 23.4 Å². The van der Waals surface area contributed by atoms with Gasteiger partial charge in [-0.2, -0.15) is 0 Å². The van der Waals surface area contributed by atoms with E-state index < -0.39 is 0 Å². The Hall–Kier alpha value is -2.71. The number of likely N-dealkylation sites (N-methyl/N-ethyl adjacent to an activating group) is 1. The molecule has 9 heteroatoms. The molecule has 3 rings (SSSR count). The van der Waals surface area contributed by atoms with Crippen molar-refractivity contribution in [1.29, 1.82) is 0 Å². The highest BCUT2D eigenvalue weighted by molar-refractivity contribution is 8.00. The summed E-state index contributed by atoms with van der Waals surface area (Å²) < 4.78 is 5.52. The number of carbonyl (C=O) groups is 3. The molecule has 0 fully saturated rings. The highest BCUT2D eigenvalue weighted by atomic mass is 35.5. The number of anilines is 2. The summed E-state index contributed by atoms with van der Waals surface area (Å²) >= 11 is 7.68. The van der Waals surface area contributed by atoms with Crippen LogP contribution in [0.2, 0.25) is 5.02 Å². The van der Waals surface area contributed by atoms with Crippen molar-refractivity contribution in [2.45, 2.75) is 18.7 Å². The lowest BCUT2D eigenvalue weighted by Gasteiger charge is -2.19. The van der Waals surface area contributed by atoms with Gasteiger partial charge in [0.25, 0.3) is 11.8 Å². The first-order valence-corrected chi connectivity index (χ1v) is 10.9. The molecule has 7 nitrogen and oxygen atoms in total. The maximum atomic E-state index is 12.6. The Morgan fingerprint density at radius 3 is 2.67 bits per heavy atom. The first kappa shape index (κ1) is 22.0. The van der Waals surface area contributed by atoms with Gasteiger partial charge >= 0.3 is 0 Å². The third-order valence-corrected chi connectivity index (χ3v) is 5.90. The number of amides is 3. The molecular formula is C21H22ClN3O4S. The van der Waals surface area contributed by atoms with Gasteiger partial charge in [-0.3, -0.25) is 14.4 Å². The van der Waals surface area contributed by atoms with Crippen molar-refractivity contribution in [3.05, 3.63) is 47.0 Å². The van der Waals surface area contributed by atoms with Crippen LogP contribution in [0.5, 0.6) is 5.75 Å². The van der Waals surface area contributed by atoms with Crippen LogP contribution in [-0.2, 0) is 9.59 Å². The number of hydrogen-bond acceptors (Lipinski definition) is 5. The minimum atomic E-state index is -0.330. The van der Waals surface area contributed by atoms with E-state index in [2.05, 4.69) is 10.6 Å². The number of halogens is 1. The summed E-state index contributed by atoms with van der Waals surface area (Å²) in [6, 6.07) is 9.98. The SMILES string of the molecule is CCN(CC)C(=O)COc1ccc(NC(=O)c2ccc3c(c2)NC(=O)CS3)cc1Cl. The van der Waals surface area contributed by atoms with Gasteiger partial charge in [0.1, 0.15) is 5.75 Å². The average Bonchev–Trinajstić information content (AvgIpc) is 2.73. The Balaban J connectivity index is 1.64. The summed E-state index contributed by atoms with van der Waals surface area (Å²) in [5.41, 5.74) is 1.53. The van der Waals surface area contributed by atoms with E-state index >= 15 is 0 Å². The fourth-order valence-corrected chi connectivity index (χ4v) is 3.95. The summed E-state index contributed by atoms with van der Waals surface area (Å²) in [5.74, 6) is 0.192. The minimum Gasteiger partial charge on any atom is -0.482 e. The van der Waals surface area contributed by atoms with E-state index in [1.54, 1.807) is 35.2 Å². The van der Waals surface area contributed by atoms with Crippen LogP contribution in [0.3, 0.4) is 0 Å². The molecule has 0 bridgehead atoms. The number of nitrogens with zero attached hydrogens (tertiary/aromatic N) is 1. The lowest BCUT2D eigenvalue weighted by Crippen LogP contribution is -2.34. The number of thioether (sulfide) groups is 1. The van der Waals surface area contributed by atoms with Crippen molar-refractivity contribution in [2.75, 3.05) is 36.1 Å². The van der Waals surface area contributed by atoms with Crippen molar-refractivity contribution < 1.29 is 19.1 Å². The van der Waals surface area contributed by atoms with Gasteiger partial charge in [-0.25, -0.2) is 0 Å². The van der Waals surface area contributed by atoms with Crippen LogP contribution < -0.4 is 15.4 Å². The fraction of sp³-hybridized carbons (Fsp3) is 0.286. The molecule has 0 saturated heterocycles. The van der Waals surface area contributed by atoms with Gasteiger partial charge in [0, 0.05) is 29.2 Å². The zero-order valence-corrected chi connectivity index (χ0v) is 18.2. The van der Waals surface area contributed by atoms with Gasteiger partial charge in [-0.15, -0.1) is 11.8 Å². The molecule has 0 aliphatic carbocycles. The lowest BCUT2D eigenvalue weighted by atomic mass is 10.1. The van der Waals surface area contributed by atoms with Crippen molar-refractivity contribution in [3.8, 4) is 5.75 Å². The number of nitrogens with one attached hydrogen (secondary N) is 2. The highest BCUT2D eigenvalue weighted by Crippen LogP contribution is 2.32. The summed E-state index contributed by atoms with van der Waals surface area (Å²) in [5, 5.41) is 5.82. The van der Waals surface area contributed by atoms with Gasteiger partial charge in [0.15, 0.2) is 6.61 Å². The van der Waals surface area contributed by atoms with E-state index in [4.69, 9.17) is 16.3 Å². The number of carbonyl (C=O) groups excluding carboxylic acids is 3. The molecule has 0 spiro atoms. The van der Waals surface area contributed by atoms with E-state index in [0.29, 0.717) is 41.5 Å². The molecule has 0 saturated carbocycles. The Morgan fingerprint density at radius 1 is 1.20 bits per heavy atom. The molecule has 0 atom stereocenters. The molecule has 30 heavy (non-hydrogen) atoms. The number of rotatable bonds is 7. The largest absolute Gasteiger partial charge is 0.482 e. The summed E-state index contributed by atoms with van der Waals surface area (Å²) in [7, 11) is 0. The molecule has 158 valence electrons. The topological polar surface area (TPSA) is 87.7 Å². The van der Waals surface area contributed by atoms with E-state index in [1.807, 2.05) is 19.9 Å². The highest BCUT2D eigenvalue weighted by Gasteiger charge is 2.18. The molecule has 0 unspecified atom stereocenters. The average molecular weight is 448 g/mol. The number of benzene rings is 2. The molecule has 0 radical (unpaired) electrons. The zero-order chi connectivity index (χ0) is 21.7. The number of ether oxygens (including phenoxy) is 1. The van der Waals surface area contributed by atoms with Crippen LogP contribution in [0, 0.1) is 0 Å². The van der Waals surface area contributed by atoms with Gasteiger partial charge in [-0.1, -0.05) is 11.6 Å². The summed E-state index contributed by atoms with van der Waals surface area (Å²) in [6.45, 7) is 4.93. The molecule has 0 aromatic heterocycles. The first-order chi connectivity index (χ1) is 14.4. The minimum absolute atomic E-state index is 0.0908. The Labute approximate surface area is 184 Å². The van der Waals surface area contributed by atoms with Crippen molar-refractivity contribution in [1.82, 2.24) is 4.90 Å². The van der Waals surface area contributed by atoms with E-state index in [9.17, 15) is 14.4 Å². The molecule has 3 amide bonds. The maximum Gasteiger partial charge on any atom is 0.260 e. The van der Waals surface area contributed by atoms with Crippen LogP contribution in [0.25, 0.3) is 0 Å². The normalized spacial score (nSPS) is 12.6. The van der Waals surface area contributed by atoms with Crippen molar-refractivity contribution >= 4 is 52.5 Å². The summed E-state index contributed by atoms with van der Waals surface area (Å²) in [6.07, 6.45) is 0. The lowest BCUT2D eigenvalue weighted by molar-refractivity contribution is -0.133. The molecule has 1 heterocycles. The standard InChI is InChI=1S/C21H22ClN3O4S/c1-3-25(4-2)20(27)11-29-17-7-6-14(10-15(17)22)23-21(28)13-5-8-18-16(9-13)24-19(26)12-30-18/h5-10H,3-4,11-12H2,1-2H3,(H,23,28)(H,24,26). The molecule has 1 aliphatic rings. The van der Waals surface area contributed by atoms with E-state index in [0.717, 1.165) is 4.90 Å². The van der Waals surface area contributed by atoms with Gasteiger partial charge in [0.2, 0.25) is 5.91 Å². The Morgan fingerprint density at radius 2 is 1.97 bits per heavy atom. The molecule has 1 aliphatic heterocycles. The Kier molecular flexibility index (Phi) is 7.23. The number of hydrogen-bond donors (Lipinski definition) is 2. The maximum absolute atomic E-state index is 12.6.